The Morgan fingerprint density at radius 2 is 2.09 bits per heavy atom. The van der Waals surface area contributed by atoms with E-state index in [4.69, 9.17) is 9.16 Å². The lowest BCUT2D eigenvalue weighted by Gasteiger charge is -2.37. The summed E-state index contributed by atoms with van der Waals surface area (Å²) in [4.78, 5) is 25.0. The summed E-state index contributed by atoms with van der Waals surface area (Å²) < 4.78 is 27.1. The molecule has 8 heteroatoms. The molecule has 2 heterocycles. The number of aromatic amines is 1. The van der Waals surface area contributed by atoms with Gasteiger partial charge in [-0.15, -0.1) is 0 Å². The van der Waals surface area contributed by atoms with E-state index in [1.54, 1.807) is 0 Å². The minimum absolute atomic E-state index is 0.0344. The second-order valence-electron chi connectivity index (χ2n) is 7.47. The van der Waals surface area contributed by atoms with Crippen LogP contribution in [0.4, 0.5) is 4.39 Å². The SMILES string of the molecule is CC(C)(C)[Si](C)(C)OC[C@H]1O[C@@H](n2ccc(=O)[nH]c2=O)C[C@H]1F. The lowest BCUT2D eigenvalue weighted by molar-refractivity contribution is -0.0330. The number of hydrogen-bond donors (Lipinski definition) is 1. The van der Waals surface area contributed by atoms with Gasteiger partial charge in [0.05, 0.1) is 6.61 Å². The van der Waals surface area contributed by atoms with E-state index < -0.39 is 38.1 Å². The molecule has 0 spiro atoms. The minimum atomic E-state index is -1.98. The molecule has 1 aliphatic rings. The van der Waals surface area contributed by atoms with Crippen molar-refractivity contribution in [1.29, 1.82) is 0 Å². The standard InChI is InChI=1S/C15H25FN2O4Si/c1-15(2,3)23(4,5)21-9-11-10(16)8-13(22-11)18-7-6-12(19)17-14(18)20/h6-7,10-11,13H,8-9H2,1-5H3,(H,17,19,20)/t10-,11-,13-/m1/s1. The number of halogens is 1. The van der Waals surface area contributed by atoms with Gasteiger partial charge in [-0.3, -0.25) is 14.3 Å². The molecule has 1 aromatic heterocycles. The largest absolute Gasteiger partial charge is 0.414 e. The highest BCUT2D eigenvalue weighted by Crippen LogP contribution is 2.38. The van der Waals surface area contributed by atoms with E-state index in [-0.39, 0.29) is 18.1 Å². The van der Waals surface area contributed by atoms with Gasteiger partial charge in [-0.25, -0.2) is 9.18 Å². The molecule has 3 atom stereocenters. The van der Waals surface area contributed by atoms with Crippen LogP contribution in [0.5, 0.6) is 0 Å². The van der Waals surface area contributed by atoms with Gasteiger partial charge in [0.25, 0.3) is 5.56 Å². The Morgan fingerprint density at radius 1 is 1.43 bits per heavy atom. The van der Waals surface area contributed by atoms with Crippen molar-refractivity contribution in [2.75, 3.05) is 6.61 Å². The van der Waals surface area contributed by atoms with E-state index in [1.807, 2.05) is 0 Å². The maximum Gasteiger partial charge on any atom is 0.330 e. The van der Waals surface area contributed by atoms with Gasteiger partial charge in [-0.05, 0) is 18.1 Å². The predicted octanol–water partition coefficient (Wildman–Crippen LogP) is 2.18. The second kappa shape index (κ2) is 6.33. The summed E-state index contributed by atoms with van der Waals surface area (Å²) >= 11 is 0. The number of hydrogen-bond acceptors (Lipinski definition) is 4. The topological polar surface area (TPSA) is 73.3 Å². The number of alkyl halides is 1. The minimum Gasteiger partial charge on any atom is -0.414 e. The number of H-pyrrole nitrogens is 1. The lowest BCUT2D eigenvalue weighted by Crippen LogP contribution is -2.43. The molecule has 23 heavy (non-hydrogen) atoms. The average molecular weight is 344 g/mol. The van der Waals surface area contributed by atoms with Crippen molar-refractivity contribution in [3.63, 3.8) is 0 Å². The van der Waals surface area contributed by atoms with E-state index >= 15 is 0 Å². The molecule has 130 valence electrons. The maximum absolute atomic E-state index is 14.2. The zero-order valence-electron chi connectivity index (χ0n) is 14.3. The van der Waals surface area contributed by atoms with Crippen molar-refractivity contribution in [3.05, 3.63) is 33.1 Å². The van der Waals surface area contributed by atoms with Crippen molar-refractivity contribution in [2.24, 2.45) is 0 Å². The van der Waals surface area contributed by atoms with Crippen LogP contribution in [0.25, 0.3) is 0 Å². The number of nitrogens with one attached hydrogen (secondary N) is 1. The Hall–Kier alpha value is -1.25. The van der Waals surface area contributed by atoms with Gasteiger partial charge in [0.15, 0.2) is 8.32 Å². The van der Waals surface area contributed by atoms with Gasteiger partial charge in [0.1, 0.15) is 18.5 Å². The van der Waals surface area contributed by atoms with Gasteiger partial charge in [-0.1, -0.05) is 20.8 Å². The first-order chi connectivity index (χ1) is 10.5. The molecule has 1 saturated heterocycles. The number of nitrogens with zero attached hydrogens (tertiary/aromatic N) is 1. The molecule has 0 radical (unpaired) electrons. The van der Waals surface area contributed by atoms with E-state index in [0.717, 1.165) is 0 Å². The van der Waals surface area contributed by atoms with Crippen LogP contribution in [0.2, 0.25) is 18.1 Å². The third-order valence-electron chi connectivity index (χ3n) is 4.74. The lowest BCUT2D eigenvalue weighted by atomic mass is 10.2. The van der Waals surface area contributed by atoms with Gasteiger partial charge in [0, 0.05) is 18.7 Å². The van der Waals surface area contributed by atoms with Crippen LogP contribution in [0.15, 0.2) is 21.9 Å². The fourth-order valence-electron chi connectivity index (χ4n) is 2.17. The first kappa shape index (κ1) is 18.1. The fraction of sp³-hybridized carbons (Fsp3) is 0.733. The molecule has 0 unspecified atom stereocenters. The Balaban J connectivity index is 2.04. The summed E-state index contributed by atoms with van der Waals surface area (Å²) in [5.74, 6) is 0. The Kier molecular flexibility index (Phi) is 4.98. The number of aromatic nitrogens is 2. The third kappa shape index (κ3) is 3.99. The molecule has 6 nitrogen and oxygen atoms in total. The van der Waals surface area contributed by atoms with E-state index in [1.165, 1.54) is 16.8 Å². The third-order valence-corrected chi connectivity index (χ3v) is 9.24. The van der Waals surface area contributed by atoms with Crippen molar-refractivity contribution in [3.8, 4) is 0 Å². The molecule has 0 amide bonds. The van der Waals surface area contributed by atoms with Crippen LogP contribution in [-0.4, -0.2) is 36.8 Å². The quantitative estimate of drug-likeness (QED) is 0.850. The van der Waals surface area contributed by atoms with E-state index in [9.17, 15) is 14.0 Å². The zero-order valence-corrected chi connectivity index (χ0v) is 15.3. The molecular formula is C15H25FN2O4Si. The highest BCUT2D eigenvalue weighted by molar-refractivity contribution is 6.74. The smallest absolute Gasteiger partial charge is 0.330 e. The Bertz CT molecular complexity index is 664. The van der Waals surface area contributed by atoms with Gasteiger partial charge < -0.3 is 9.16 Å². The molecule has 0 saturated carbocycles. The number of ether oxygens (including phenoxy) is 1. The molecule has 2 rings (SSSR count). The van der Waals surface area contributed by atoms with Crippen LogP contribution in [0, 0.1) is 0 Å². The molecule has 1 N–H and O–H groups in total. The normalized spacial score (nSPS) is 25.7. The summed E-state index contributed by atoms with van der Waals surface area (Å²) in [5.41, 5.74) is -1.08. The first-order valence-corrected chi connectivity index (χ1v) is 10.7. The van der Waals surface area contributed by atoms with Crippen LogP contribution in [0.3, 0.4) is 0 Å². The van der Waals surface area contributed by atoms with Crippen molar-refractivity contribution >= 4 is 8.32 Å². The average Bonchev–Trinajstić information content (AvgIpc) is 2.76. The predicted molar refractivity (Wildman–Crippen MR) is 87.9 cm³/mol. The molecule has 1 fully saturated rings. The van der Waals surface area contributed by atoms with Crippen LogP contribution in [0.1, 0.15) is 33.4 Å². The second-order valence-corrected chi connectivity index (χ2v) is 12.3. The maximum atomic E-state index is 14.2. The molecule has 0 bridgehead atoms. The van der Waals surface area contributed by atoms with Crippen LogP contribution >= 0.6 is 0 Å². The summed E-state index contributed by atoms with van der Waals surface area (Å²) in [5, 5.41) is 0.0344. The molecular weight excluding hydrogens is 319 g/mol. The zero-order chi connectivity index (χ0) is 17.4. The first-order valence-electron chi connectivity index (χ1n) is 7.76. The van der Waals surface area contributed by atoms with Crippen LogP contribution in [-0.2, 0) is 9.16 Å². The van der Waals surface area contributed by atoms with E-state index in [0.29, 0.717) is 0 Å². The molecule has 1 aliphatic heterocycles. The van der Waals surface area contributed by atoms with Crippen molar-refractivity contribution in [1.82, 2.24) is 9.55 Å². The Labute approximate surface area is 135 Å². The van der Waals surface area contributed by atoms with Crippen molar-refractivity contribution < 1.29 is 13.6 Å². The summed E-state index contributed by atoms with van der Waals surface area (Å²) in [6.45, 7) is 10.7. The highest BCUT2D eigenvalue weighted by atomic mass is 28.4. The monoisotopic (exact) mass is 344 g/mol. The molecule has 0 aliphatic carbocycles. The fourth-order valence-corrected chi connectivity index (χ4v) is 3.18. The van der Waals surface area contributed by atoms with Gasteiger partial charge >= 0.3 is 5.69 Å². The summed E-state index contributed by atoms with van der Waals surface area (Å²) in [6.07, 6.45) is -1.23. The summed E-state index contributed by atoms with van der Waals surface area (Å²) in [6, 6.07) is 1.22. The molecule has 1 aromatic rings. The van der Waals surface area contributed by atoms with E-state index in [2.05, 4.69) is 38.8 Å². The van der Waals surface area contributed by atoms with Crippen LogP contribution < -0.4 is 11.2 Å². The Morgan fingerprint density at radius 3 is 2.65 bits per heavy atom. The highest BCUT2D eigenvalue weighted by Gasteiger charge is 2.41. The number of rotatable bonds is 4. The molecule has 0 aromatic carbocycles. The van der Waals surface area contributed by atoms with Crippen molar-refractivity contribution in [2.45, 2.75) is 63.8 Å². The van der Waals surface area contributed by atoms with Gasteiger partial charge in [0.2, 0.25) is 0 Å². The summed E-state index contributed by atoms with van der Waals surface area (Å²) in [7, 11) is -1.98. The van der Waals surface area contributed by atoms with Gasteiger partial charge in [-0.2, -0.15) is 0 Å².